The number of carbonyl (C=O) groups is 3. The average molecular weight is 1100 g/mol. The third kappa shape index (κ3) is 21.8. The van der Waals surface area contributed by atoms with Gasteiger partial charge in [0.15, 0.2) is 12.6 Å². The summed E-state index contributed by atoms with van der Waals surface area (Å²) in [6.07, 6.45) is -2.53. The van der Waals surface area contributed by atoms with Crippen LogP contribution in [0.2, 0.25) is 0 Å². The lowest BCUT2D eigenvalue weighted by Gasteiger charge is -2.50. The van der Waals surface area contributed by atoms with Gasteiger partial charge in [0.1, 0.15) is 67.1 Å². The molecule has 0 radical (unpaired) electrons. The fraction of sp³-hybridized carbons (Fsp3) is 0.906. The molecule has 3 fully saturated rings. The van der Waals surface area contributed by atoms with Crippen LogP contribution in [-0.4, -0.2) is 215 Å². The number of carboxylic acid groups (broad SMARTS) is 1. The largest absolute Gasteiger partial charge is 0.477 e. The zero-order chi connectivity index (χ0) is 56.2. The van der Waals surface area contributed by atoms with Crippen LogP contribution < -0.4 is 10.6 Å². The fourth-order valence-corrected chi connectivity index (χ4v) is 9.88. The van der Waals surface area contributed by atoms with Crippen LogP contribution in [0.25, 0.3) is 0 Å². The summed E-state index contributed by atoms with van der Waals surface area (Å²) in [5.41, 5.74) is 0. The fourth-order valence-electron chi connectivity index (χ4n) is 9.88. The molecule has 0 aromatic carbocycles. The van der Waals surface area contributed by atoms with Crippen LogP contribution in [-0.2, 0) is 42.8 Å². The van der Waals surface area contributed by atoms with E-state index in [2.05, 4.69) is 24.5 Å². The Kier molecular flexibility index (Phi) is 32.7. The molecule has 18 atom stereocenters. The summed E-state index contributed by atoms with van der Waals surface area (Å²) in [5.74, 6) is -6.15. The Morgan fingerprint density at radius 2 is 1.22 bits per heavy atom. The van der Waals surface area contributed by atoms with Crippen LogP contribution in [0.15, 0.2) is 12.2 Å². The van der Waals surface area contributed by atoms with Gasteiger partial charge >= 0.3 is 5.97 Å². The third-order valence-electron chi connectivity index (χ3n) is 14.5. The first-order chi connectivity index (χ1) is 36.4. The molecule has 0 spiro atoms. The molecule has 76 heavy (non-hydrogen) atoms. The number of hydrogen-bond donors (Lipinski definition) is 14. The number of aliphatic hydroxyl groups is 11. The van der Waals surface area contributed by atoms with Gasteiger partial charge in [0.2, 0.25) is 11.8 Å². The minimum Gasteiger partial charge on any atom is -0.477 e. The number of aliphatic carboxylic acids is 1. The molecule has 0 saturated carbocycles. The van der Waals surface area contributed by atoms with E-state index in [-0.39, 0.29) is 12.3 Å². The van der Waals surface area contributed by atoms with Crippen molar-refractivity contribution in [1.29, 1.82) is 0 Å². The van der Waals surface area contributed by atoms with Crippen molar-refractivity contribution < 1.29 is 104 Å². The highest BCUT2D eigenvalue weighted by molar-refractivity contribution is 5.77. The van der Waals surface area contributed by atoms with Crippen LogP contribution in [0, 0.1) is 0 Å². The zero-order valence-electron chi connectivity index (χ0n) is 45.1. The quantitative estimate of drug-likeness (QED) is 0.0299. The van der Waals surface area contributed by atoms with Crippen molar-refractivity contribution in [2.75, 3.05) is 26.4 Å². The maximum atomic E-state index is 13.2. The normalized spacial score (nSPS) is 31.7. The van der Waals surface area contributed by atoms with Gasteiger partial charge in [0.05, 0.1) is 50.7 Å². The lowest BCUT2D eigenvalue weighted by molar-refractivity contribution is -0.386. The van der Waals surface area contributed by atoms with Gasteiger partial charge in [-0.25, -0.2) is 4.79 Å². The number of amides is 2. The first kappa shape index (κ1) is 67.7. The van der Waals surface area contributed by atoms with E-state index in [0.29, 0.717) is 12.8 Å². The summed E-state index contributed by atoms with van der Waals surface area (Å²) in [6.45, 7) is 2.03. The number of aliphatic hydroxyl groups excluding tert-OH is 11. The number of hydrogen-bond acceptors (Lipinski definition) is 20. The van der Waals surface area contributed by atoms with Crippen LogP contribution in [0.3, 0.4) is 0 Å². The van der Waals surface area contributed by atoms with Gasteiger partial charge in [-0.1, -0.05) is 142 Å². The third-order valence-corrected chi connectivity index (χ3v) is 14.5. The molecular formula is C53H96N2O21. The number of ether oxygens (including phenoxy) is 6. The van der Waals surface area contributed by atoms with Crippen molar-refractivity contribution in [1.82, 2.24) is 10.6 Å². The summed E-state index contributed by atoms with van der Waals surface area (Å²) >= 11 is 0. The second-order valence-corrected chi connectivity index (χ2v) is 20.8. The van der Waals surface area contributed by atoms with E-state index >= 15 is 0 Å². The van der Waals surface area contributed by atoms with Gasteiger partial charge in [-0.05, 0) is 19.3 Å². The van der Waals surface area contributed by atoms with E-state index in [0.717, 1.165) is 51.9 Å². The average Bonchev–Trinajstić information content (AvgIpc) is 3.39. The smallest absolute Gasteiger partial charge is 0.364 e. The van der Waals surface area contributed by atoms with Gasteiger partial charge in [0.25, 0.3) is 5.79 Å². The molecule has 0 aromatic heterocycles. The van der Waals surface area contributed by atoms with Crippen molar-refractivity contribution in [2.45, 2.75) is 278 Å². The maximum absolute atomic E-state index is 13.2. The van der Waals surface area contributed by atoms with Crippen molar-refractivity contribution in [3.05, 3.63) is 12.2 Å². The predicted octanol–water partition coefficient (Wildman–Crippen LogP) is 0.825. The summed E-state index contributed by atoms with van der Waals surface area (Å²) in [6, 6.07) is -2.61. The molecule has 444 valence electrons. The molecular weight excluding hydrogens is 1000 g/mol. The first-order valence-electron chi connectivity index (χ1n) is 28.1. The van der Waals surface area contributed by atoms with E-state index in [9.17, 15) is 75.7 Å². The predicted molar refractivity (Wildman–Crippen MR) is 274 cm³/mol. The number of unbranched alkanes of at least 4 members (excludes halogenated alkanes) is 19. The Bertz CT molecular complexity index is 1630. The molecule has 2 amide bonds. The molecule has 14 N–H and O–H groups in total. The van der Waals surface area contributed by atoms with Crippen LogP contribution in [0.4, 0.5) is 0 Å². The lowest BCUT2D eigenvalue weighted by Crippen LogP contribution is -2.70. The SMILES string of the molecule is CCCCCCCCCCCCCC=CC(O)C(COC1OC(CO)C(OC2OC(CO)C(O)C(OC3(C(=O)O)CC(O)C(NC(C)=O)C(C(O)C(O)CO)O3)C2O)C(O)C1O)NC(=O)CCCCCCCCCCC. The van der Waals surface area contributed by atoms with Gasteiger partial charge in [-0.15, -0.1) is 0 Å². The van der Waals surface area contributed by atoms with Gasteiger partial charge < -0.3 is 100 Å². The topological polar surface area (TPSA) is 373 Å². The monoisotopic (exact) mass is 1100 g/mol. The molecule has 18 unspecified atom stereocenters. The Labute approximate surface area is 448 Å². The van der Waals surface area contributed by atoms with E-state index in [1.165, 1.54) is 77.0 Å². The molecule has 23 nitrogen and oxygen atoms in total. The van der Waals surface area contributed by atoms with Crippen molar-refractivity contribution in [3.8, 4) is 0 Å². The highest BCUT2D eigenvalue weighted by Gasteiger charge is 2.60. The molecule has 3 saturated heterocycles. The Balaban J connectivity index is 1.72. The van der Waals surface area contributed by atoms with Crippen LogP contribution in [0.1, 0.15) is 168 Å². The standard InChI is InChI=1S/C53H96N2O21/c1-4-6-8-10-12-14-15-16-17-19-20-22-24-26-35(60)34(55-40(63)27-25-23-21-18-13-11-9-7-5-2)32-71-50-45(67)44(66)47(39(31-58)73-50)74-51-46(68)49(43(65)38(30-57)72-51)76-53(52(69)70)28-36(61)41(54-33(3)59)48(75-53)42(64)37(62)29-56/h24,26,34-39,41-51,56-58,60-62,64-68H,4-23,25,27-32H2,1-3H3,(H,54,59)(H,55,63)(H,69,70). The Morgan fingerprint density at radius 1 is 0.684 bits per heavy atom. The van der Waals surface area contributed by atoms with E-state index in [1.54, 1.807) is 6.08 Å². The molecule has 3 aliphatic rings. The summed E-state index contributed by atoms with van der Waals surface area (Å²) < 4.78 is 34.5. The van der Waals surface area contributed by atoms with Gasteiger partial charge in [-0.2, -0.15) is 0 Å². The van der Waals surface area contributed by atoms with Crippen LogP contribution in [0.5, 0.6) is 0 Å². The molecule has 0 aliphatic carbocycles. The summed E-state index contributed by atoms with van der Waals surface area (Å²) in [4.78, 5) is 38.2. The molecule has 23 heteroatoms. The molecule has 0 bridgehead atoms. The first-order valence-corrected chi connectivity index (χ1v) is 28.1. The van der Waals surface area contributed by atoms with Crippen molar-refractivity contribution in [3.63, 3.8) is 0 Å². The van der Waals surface area contributed by atoms with E-state index in [1.807, 2.05) is 6.08 Å². The Hall–Kier alpha value is -2.53. The highest BCUT2D eigenvalue weighted by atomic mass is 16.8. The van der Waals surface area contributed by atoms with Crippen LogP contribution >= 0.6 is 0 Å². The highest BCUT2D eigenvalue weighted by Crippen LogP contribution is 2.38. The van der Waals surface area contributed by atoms with Crippen molar-refractivity contribution >= 4 is 17.8 Å². The molecule has 3 aliphatic heterocycles. The number of allylic oxidation sites excluding steroid dienone is 1. The van der Waals surface area contributed by atoms with Gasteiger partial charge in [-0.3, -0.25) is 9.59 Å². The molecule has 0 aromatic rings. The van der Waals surface area contributed by atoms with Crippen molar-refractivity contribution in [2.24, 2.45) is 0 Å². The lowest BCUT2D eigenvalue weighted by atomic mass is 9.88. The number of carboxylic acids is 1. The van der Waals surface area contributed by atoms with E-state index in [4.69, 9.17) is 28.4 Å². The number of rotatable bonds is 39. The number of nitrogens with one attached hydrogen (secondary N) is 2. The second kappa shape index (κ2) is 36.7. The zero-order valence-corrected chi connectivity index (χ0v) is 45.1. The molecule has 3 heterocycles. The second-order valence-electron chi connectivity index (χ2n) is 20.8. The molecule has 3 rings (SSSR count). The van der Waals surface area contributed by atoms with E-state index < -0.39 is 155 Å². The maximum Gasteiger partial charge on any atom is 0.364 e. The Morgan fingerprint density at radius 3 is 1.75 bits per heavy atom. The van der Waals surface area contributed by atoms with Gasteiger partial charge in [0, 0.05) is 19.8 Å². The minimum absolute atomic E-state index is 0.202. The minimum atomic E-state index is -3.08. The number of carbonyl (C=O) groups excluding carboxylic acids is 2. The summed E-state index contributed by atoms with van der Waals surface area (Å²) in [5, 5.41) is 135. The summed E-state index contributed by atoms with van der Waals surface area (Å²) in [7, 11) is 0.